The molecule has 1 aromatic rings. The number of likely N-dealkylation sites (tertiary alicyclic amines) is 1. The minimum atomic E-state index is -0.432. The predicted molar refractivity (Wildman–Crippen MR) is 94.7 cm³/mol. The van der Waals surface area contributed by atoms with E-state index in [1.807, 2.05) is 43.9 Å². The number of nitrogens with zero attached hydrogens (tertiary/aromatic N) is 1. The van der Waals surface area contributed by atoms with Gasteiger partial charge in [0.2, 0.25) is 0 Å². The van der Waals surface area contributed by atoms with Gasteiger partial charge in [0, 0.05) is 22.0 Å². The Labute approximate surface area is 151 Å². The second kappa shape index (κ2) is 5.46. The van der Waals surface area contributed by atoms with E-state index in [1.165, 1.54) is 5.56 Å². The number of carbonyl (C=O) groups is 1. The largest absolute Gasteiger partial charge is 0.444 e. The van der Waals surface area contributed by atoms with E-state index >= 15 is 0 Å². The van der Waals surface area contributed by atoms with Crippen molar-refractivity contribution < 1.29 is 14.3 Å². The number of hydrogen-bond acceptors (Lipinski definition) is 3. The average Bonchev–Trinajstić information content (AvgIpc) is 2.95. The minimum Gasteiger partial charge on any atom is -0.444 e. The first-order valence-corrected chi connectivity index (χ1v) is 9.46. The summed E-state index contributed by atoms with van der Waals surface area (Å²) < 4.78 is 12.8. The van der Waals surface area contributed by atoms with E-state index in [0.29, 0.717) is 24.1 Å². The van der Waals surface area contributed by atoms with E-state index in [-0.39, 0.29) is 12.2 Å². The van der Waals surface area contributed by atoms with Gasteiger partial charge in [-0.2, -0.15) is 0 Å². The van der Waals surface area contributed by atoms with Crippen molar-refractivity contribution in [3.8, 4) is 0 Å². The van der Waals surface area contributed by atoms with Crippen LogP contribution in [0.4, 0.5) is 4.79 Å². The Bertz CT molecular complexity index is 671. The van der Waals surface area contributed by atoms with Crippen LogP contribution in [0.2, 0.25) is 0 Å². The van der Waals surface area contributed by atoms with Crippen LogP contribution in [-0.4, -0.2) is 34.8 Å². The lowest BCUT2D eigenvalue weighted by Gasteiger charge is -2.43. The first-order valence-electron chi connectivity index (χ1n) is 8.66. The fourth-order valence-corrected chi connectivity index (χ4v) is 4.82. The van der Waals surface area contributed by atoms with Crippen LogP contribution in [0.15, 0.2) is 28.7 Å². The number of rotatable bonds is 3. The number of benzene rings is 1. The highest BCUT2D eigenvalue weighted by atomic mass is 79.9. The molecular formula is C19H24BrNO3. The van der Waals surface area contributed by atoms with Crippen LogP contribution in [-0.2, 0) is 16.1 Å². The molecule has 5 heteroatoms. The zero-order chi connectivity index (χ0) is 17.1. The zero-order valence-electron chi connectivity index (χ0n) is 14.4. The maximum atomic E-state index is 12.4. The molecule has 1 spiro atoms. The van der Waals surface area contributed by atoms with Gasteiger partial charge in [-0.1, -0.05) is 34.1 Å². The quantitative estimate of drug-likeness (QED) is 0.758. The molecule has 1 aromatic carbocycles. The summed E-state index contributed by atoms with van der Waals surface area (Å²) in [7, 11) is 0. The molecule has 1 heterocycles. The number of hydrogen-bond donors (Lipinski definition) is 0. The SMILES string of the molecule is CC(C)(C)OC(=O)N1C2CC(OCc3ccccc3Br)CC23CC13. The van der Waals surface area contributed by atoms with Crippen LogP contribution in [0.3, 0.4) is 0 Å². The zero-order valence-corrected chi connectivity index (χ0v) is 16.0. The fraction of sp³-hybridized carbons (Fsp3) is 0.632. The Balaban J connectivity index is 1.35. The van der Waals surface area contributed by atoms with Gasteiger partial charge in [0.25, 0.3) is 0 Å². The Morgan fingerprint density at radius 3 is 2.75 bits per heavy atom. The molecule has 4 atom stereocenters. The van der Waals surface area contributed by atoms with Crippen molar-refractivity contribution in [1.29, 1.82) is 0 Å². The maximum Gasteiger partial charge on any atom is 0.410 e. The van der Waals surface area contributed by atoms with E-state index in [9.17, 15) is 4.79 Å². The summed E-state index contributed by atoms with van der Waals surface area (Å²) in [4.78, 5) is 14.4. The normalized spacial score (nSPS) is 33.5. The van der Waals surface area contributed by atoms with Crippen molar-refractivity contribution in [3.05, 3.63) is 34.3 Å². The van der Waals surface area contributed by atoms with Gasteiger partial charge in [-0.05, 0) is 51.7 Å². The first kappa shape index (κ1) is 16.4. The van der Waals surface area contributed by atoms with Gasteiger partial charge >= 0.3 is 6.09 Å². The van der Waals surface area contributed by atoms with Gasteiger partial charge in [-0.15, -0.1) is 0 Å². The summed E-state index contributed by atoms with van der Waals surface area (Å²) in [5, 5.41) is 0. The second-order valence-electron chi connectivity index (χ2n) is 8.32. The maximum absolute atomic E-state index is 12.4. The lowest BCUT2D eigenvalue weighted by atomic mass is 9.90. The predicted octanol–water partition coefficient (Wildman–Crippen LogP) is 4.51. The van der Waals surface area contributed by atoms with Crippen LogP contribution in [0.1, 0.15) is 45.6 Å². The Morgan fingerprint density at radius 1 is 1.29 bits per heavy atom. The Kier molecular flexibility index (Phi) is 3.73. The molecule has 1 amide bonds. The minimum absolute atomic E-state index is 0.155. The van der Waals surface area contributed by atoms with Gasteiger partial charge < -0.3 is 14.4 Å². The molecule has 4 unspecified atom stereocenters. The van der Waals surface area contributed by atoms with Crippen molar-refractivity contribution in [3.63, 3.8) is 0 Å². The van der Waals surface area contributed by atoms with Crippen molar-refractivity contribution >= 4 is 22.0 Å². The molecule has 1 aliphatic heterocycles. The molecule has 0 N–H and O–H groups in total. The number of amides is 1. The summed E-state index contributed by atoms with van der Waals surface area (Å²) in [6.45, 7) is 6.38. The molecule has 24 heavy (non-hydrogen) atoms. The second-order valence-corrected chi connectivity index (χ2v) is 9.18. The van der Waals surface area contributed by atoms with E-state index in [2.05, 4.69) is 22.0 Å². The fourth-order valence-electron chi connectivity index (χ4n) is 4.43. The number of ether oxygens (including phenoxy) is 2. The van der Waals surface area contributed by atoms with E-state index in [0.717, 1.165) is 23.7 Å². The summed E-state index contributed by atoms with van der Waals surface area (Å²) >= 11 is 3.57. The molecular weight excluding hydrogens is 370 g/mol. The number of halogens is 1. The van der Waals surface area contributed by atoms with E-state index in [1.54, 1.807) is 0 Å². The lowest BCUT2D eigenvalue weighted by Crippen LogP contribution is -2.57. The highest BCUT2D eigenvalue weighted by Crippen LogP contribution is 2.71. The van der Waals surface area contributed by atoms with Crippen LogP contribution in [0, 0.1) is 5.41 Å². The average molecular weight is 394 g/mol. The molecule has 2 saturated carbocycles. The van der Waals surface area contributed by atoms with Crippen LogP contribution < -0.4 is 0 Å². The van der Waals surface area contributed by atoms with E-state index in [4.69, 9.17) is 9.47 Å². The van der Waals surface area contributed by atoms with E-state index < -0.39 is 5.60 Å². The summed E-state index contributed by atoms with van der Waals surface area (Å²) in [5.41, 5.74) is 1.07. The summed E-state index contributed by atoms with van der Waals surface area (Å²) in [6, 6.07) is 8.85. The lowest BCUT2D eigenvalue weighted by molar-refractivity contribution is -0.0224. The monoisotopic (exact) mass is 393 g/mol. The molecule has 0 radical (unpaired) electrons. The first-order chi connectivity index (χ1) is 11.3. The molecule has 3 aliphatic rings. The summed E-state index contributed by atoms with van der Waals surface area (Å²) in [6.07, 6.45) is 3.20. The highest BCUT2D eigenvalue weighted by molar-refractivity contribution is 9.10. The molecule has 4 nitrogen and oxygen atoms in total. The van der Waals surface area contributed by atoms with Gasteiger partial charge in [-0.3, -0.25) is 0 Å². The van der Waals surface area contributed by atoms with Crippen molar-refractivity contribution in [2.24, 2.45) is 5.41 Å². The standard InChI is InChI=1S/C19H24BrNO3/c1-18(2,3)24-17(22)21-15-8-13(9-19(15)10-16(19)21)23-11-12-6-4-5-7-14(12)20/h4-7,13,15-16H,8-11H2,1-3H3. The van der Waals surface area contributed by atoms with Gasteiger partial charge in [0.05, 0.1) is 12.7 Å². The topological polar surface area (TPSA) is 38.8 Å². The van der Waals surface area contributed by atoms with Crippen LogP contribution in [0.25, 0.3) is 0 Å². The van der Waals surface area contributed by atoms with Gasteiger partial charge in [-0.25, -0.2) is 4.79 Å². The number of carbonyl (C=O) groups excluding carboxylic acids is 1. The molecule has 2 aliphatic carbocycles. The molecule has 3 fully saturated rings. The van der Waals surface area contributed by atoms with Crippen LogP contribution in [0.5, 0.6) is 0 Å². The summed E-state index contributed by atoms with van der Waals surface area (Å²) in [5.74, 6) is 0. The van der Waals surface area contributed by atoms with Crippen molar-refractivity contribution in [2.75, 3.05) is 0 Å². The molecule has 4 rings (SSSR count). The van der Waals surface area contributed by atoms with Crippen LogP contribution >= 0.6 is 15.9 Å². The van der Waals surface area contributed by atoms with Gasteiger partial charge in [0.15, 0.2) is 0 Å². The highest BCUT2D eigenvalue weighted by Gasteiger charge is 2.77. The van der Waals surface area contributed by atoms with Crippen molar-refractivity contribution in [2.45, 2.75) is 70.4 Å². The van der Waals surface area contributed by atoms with Crippen molar-refractivity contribution in [1.82, 2.24) is 4.90 Å². The molecule has 0 aromatic heterocycles. The Morgan fingerprint density at radius 2 is 2.04 bits per heavy atom. The molecule has 130 valence electrons. The Hall–Kier alpha value is -1.07. The third-order valence-electron chi connectivity index (χ3n) is 5.54. The molecule has 0 bridgehead atoms. The smallest absolute Gasteiger partial charge is 0.410 e. The molecule has 1 saturated heterocycles. The van der Waals surface area contributed by atoms with Gasteiger partial charge in [0.1, 0.15) is 5.60 Å². The third-order valence-corrected chi connectivity index (χ3v) is 6.32. The third kappa shape index (κ3) is 2.66.